The lowest BCUT2D eigenvalue weighted by molar-refractivity contribution is -0.168. The quantitative estimate of drug-likeness (QED) is 0.659. The highest BCUT2D eigenvalue weighted by atomic mass is 16.5. The minimum absolute atomic E-state index is 0.0213. The summed E-state index contributed by atoms with van der Waals surface area (Å²) in [6, 6.07) is 0. The number of carboxylic acid groups (broad SMARTS) is 1. The van der Waals surface area contributed by atoms with E-state index in [1.807, 2.05) is 0 Å². The Morgan fingerprint density at radius 1 is 1.50 bits per heavy atom. The molecule has 16 heavy (non-hydrogen) atoms. The average molecular weight is 228 g/mol. The summed E-state index contributed by atoms with van der Waals surface area (Å²) in [7, 11) is 0. The van der Waals surface area contributed by atoms with Crippen LogP contribution in [0.1, 0.15) is 19.3 Å². The van der Waals surface area contributed by atoms with Crippen LogP contribution in [0.25, 0.3) is 0 Å². The number of hydrogen-bond donors (Lipinski definition) is 2. The van der Waals surface area contributed by atoms with Gasteiger partial charge in [-0.3, -0.25) is 10.1 Å². The number of nitrogens with one attached hydrogen (secondary N) is 1. The lowest BCUT2D eigenvalue weighted by Crippen LogP contribution is -2.58. The second-order valence-electron chi connectivity index (χ2n) is 4.15. The number of hydrogen-bond acceptors (Lipinski definition) is 4. The fourth-order valence-corrected chi connectivity index (χ4v) is 2.14. The van der Waals surface area contributed by atoms with Crippen molar-refractivity contribution >= 4 is 11.9 Å². The number of carbonyl (C=O) groups excluding carboxylic acids is 1. The summed E-state index contributed by atoms with van der Waals surface area (Å²) in [6.07, 6.45) is 2.16. The maximum atomic E-state index is 11.6. The van der Waals surface area contributed by atoms with E-state index in [-0.39, 0.29) is 25.2 Å². The van der Waals surface area contributed by atoms with Crippen molar-refractivity contribution in [2.75, 3.05) is 19.7 Å². The van der Waals surface area contributed by atoms with Crippen molar-refractivity contribution in [3.63, 3.8) is 0 Å². The highest BCUT2D eigenvalue weighted by Gasteiger charge is 2.35. The Kier molecular flexibility index (Phi) is 3.40. The zero-order valence-electron chi connectivity index (χ0n) is 9.02. The summed E-state index contributed by atoms with van der Waals surface area (Å²) in [4.78, 5) is 24.0. The third kappa shape index (κ3) is 2.33. The zero-order chi connectivity index (χ0) is 11.5. The van der Waals surface area contributed by atoms with Gasteiger partial charge in [0, 0.05) is 0 Å². The second kappa shape index (κ2) is 4.80. The van der Waals surface area contributed by atoms with Gasteiger partial charge >= 0.3 is 5.97 Å². The van der Waals surface area contributed by atoms with Crippen LogP contribution in [0.2, 0.25) is 0 Å². The van der Waals surface area contributed by atoms with E-state index in [1.54, 1.807) is 4.90 Å². The molecule has 0 spiro atoms. The first-order chi connectivity index (χ1) is 7.68. The number of carboxylic acids is 1. The first kappa shape index (κ1) is 11.3. The van der Waals surface area contributed by atoms with Gasteiger partial charge in [0.1, 0.15) is 6.61 Å². The summed E-state index contributed by atoms with van der Waals surface area (Å²) in [5.74, 6) is -1.13. The number of carbonyl (C=O) groups is 2. The van der Waals surface area contributed by atoms with E-state index in [0.29, 0.717) is 0 Å². The predicted octanol–water partition coefficient (Wildman–Crippen LogP) is -0.602. The molecule has 6 heteroatoms. The molecule has 0 aromatic heterocycles. The molecule has 0 bridgehead atoms. The smallest absolute Gasteiger partial charge is 0.334 e. The van der Waals surface area contributed by atoms with E-state index in [9.17, 15) is 9.59 Å². The van der Waals surface area contributed by atoms with E-state index in [0.717, 1.165) is 25.8 Å². The Morgan fingerprint density at radius 2 is 2.31 bits per heavy atom. The van der Waals surface area contributed by atoms with Crippen LogP contribution in [0.4, 0.5) is 0 Å². The van der Waals surface area contributed by atoms with Gasteiger partial charge in [0.15, 0.2) is 6.10 Å². The molecule has 2 atom stereocenters. The third-order valence-corrected chi connectivity index (χ3v) is 3.03. The molecular formula is C10H16N2O4. The van der Waals surface area contributed by atoms with Crippen molar-refractivity contribution in [1.82, 2.24) is 10.2 Å². The molecule has 2 unspecified atom stereocenters. The number of rotatable bonds is 2. The van der Waals surface area contributed by atoms with Gasteiger partial charge in [0.2, 0.25) is 5.91 Å². The normalized spacial score (nSPS) is 31.5. The Morgan fingerprint density at radius 3 is 2.94 bits per heavy atom. The van der Waals surface area contributed by atoms with Gasteiger partial charge in [-0.25, -0.2) is 4.79 Å². The van der Waals surface area contributed by atoms with Crippen molar-refractivity contribution in [2.24, 2.45) is 0 Å². The minimum atomic E-state index is -1.01. The Hall–Kier alpha value is -1.14. The molecule has 0 saturated carbocycles. The van der Waals surface area contributed by atoms with E-state index >= 15 is 0 Å². The highest BCUT2D eigenvalue weighted by Crippen LogP contribution is 2.16. The lowest BCUT2D eigenvalue weighted by Gasteiger charge is -2.39. The van der Waals surface area contributed by atoms with Gasteiger partial charge < -0.3 is 14.7 Å². The highest BCUT2D eigenvalue weighted by molar-refractivity contribution is 5.81. The van der Waals surface area contributed by atoms with Gasteiger partial charge in [-0.1, -0.05) is 0 Å². The standard InChI is InChI=1S/C10H16N2O4/c13-9-6-16-7(10(14)15)5-12(9)8-3-1-2-4-11-8/h7-8,11H,1-6H2,(H,14,15). The van der Waals surface area contributed by atoms with E-state index in [4.69, 9.17) is 9.84 Å². The molecule has 2 N–H and O–H groups in total. The molecule has 0 radical (unpaired) electrons. The van der Waals surface area contributed by atoms with Gasteiger partial charge in [0.25, 0.3) is 0 Å². The maximum Gasteiger partial charge on any atom is 0.334 e. The van der Waals surface area contributed by atoms with Crippen molar-refractivity contribution in [3.8, 4) is 0 Å². The van der Waals surface area contributed by atoms with Crippen LogP contribution in [0.15, 0.2) is 0 Å². The van der Waals surface area contributed by atoms with Crippen LogP contribution < -0.4 is 5.32 Å². The fraction of sp³-hybridized carbons (Fsp3) is 0.800. The van der Waals surface area contributed by atoms with Crippen LogP contribution in [0.3, 0.4) is 0 Å². The Balaban J connectivity index is 1.99. The number of amides is 1. The number of ether oxygens (including phenoxy) is 1. The van der Waals surface area contributed by atoms with Crippen LogP contribution in [-0.2, 0) is 14.3 Å². The van der Waals surface area contributed by atoms with Crippen molar-refractivity contribution < 1.29 is 19.4 Å². The van der Waals surface area contributed by atoms with Gasteiger partial charge in [0.05, 0.1) is 12.7 Å². The molecule has 0 aromatic carbocycles. The molecular weight excluding hydrogens is 212 g/mol. The predicted molar refractivity (Wildman–Crippen MR) is 54.7 cm³/mol. The molecule has 90 valence electrons. The SMILES string of the molecule is O=C(O)C1CN(C2CCCCN2)C(=O)CO1. The van der Waals surface area contributed by atoms with Crippen LogP contribution >= 0.6 is 0 Å². The molecule has 2 heterocycles. The second-order valence-corrected chi connectivity index (χ2v) is 4.15. The Bertz CT molecular complexity index is 289. The maximum absolute atomic E-state index is 11.6. The van der Waals surface area contributed by atoms with Crippen molar-refractivity contribution in [3.05, 3.63) is 0 Å². The first-order valence-corrected chi connectivity index (χ1v) is 5.56. The van der Waals surface area contributed by atoms with Crippen LogP contribution in [0.5, 0.6) is 0 Å². The van der Waals surface area contributed by atoms with E-state index < -0.39 is 12.1 Å². The zero-order valence-corrected chi connectivity index (χ0v) is 9.02. The Labute approximate surface area is 93.6 Å². The summed E-state index contributed by atoms with van der Waals surface area (Å²) in [6.45, 7) is 0.897. The van der Waals surface area contributed by atoms with Gasteiger partial charge in [-0.05, 0) is 25.8 Å². The van der Waals surface area contributed by atoms with E-state index in [2.05, 4.69) is 5.32 Å². The molecule has 0 aliphatic carbocycles. The molecule has 2 aliphatic heterocycles. The summed E-state index contributed by atoms with van der Waals surface area (Å²) >= 11 is 0. The summed E-state index contributed by atoms with van der Waals surface area (Å²) < 4.78 is 4.95. The van der Waals surface area contributed by atoms with E-state index in [1.165, 1.54) is 0 Å². The molecule has 1 amide bonds. The number of nitrogens with zero attached hydrogens (tertiary/aromatic N) is 1. The summed E-state index contributed by atoms with van der Waals surface area (Å²) in [5.41, 5.74) is 0. The lowest BCUT2D eigenvalue weighted by atomic mass is 10.1. The third-order valence-electron chi connectivity index (χ3n) is 3.03. The molecule has 2 aliphatic rings. The van der Waals surface area contributed by atoms with Gasteiger partial charge in [-0.2, -0.15) is 0 Å². The molecule has 2 saturated heterocycles. The molecule has 2 fully saturated rings. The average Bonchev–Trinajstić information content (AvgIpc) is 2.30. The van der Waals surface area contributed by atoms with Crippen molar-refractivity contribution in [2.45, 2.75) is 31.5 Å². The number of piperidine rings is 1. The summed E-state index contributed by atoms with van der Waals surface area (Å²) in [5, 5.41) is 12.1. The van der Waals surface area contributed by atoms with Crippen LogP contribution in [-0.4, -0.2) is 53.8 Å². The molecule has 0 aromatic rings. The van der Waals surface area contributed by atoms with Crippen LogP contribution in [0, 0.1) is 0 Å². The van der Waals surface area contributed by atoms with Crippen molar-refractivity contribution in [1.29, 1.82) is 0 Å². The monoisotopic (exact) mass is 228 g/mol. The van der Waals surface area contributed by atoms with Gasteiger partial charge in [-0.15, -0.1) is 0 Å². The molecule has 2 rings (SSSR count). The topological polar surface area (TPSA) is 78.9 Å². The minimum Gasteiger partial charge on any atom is -0.479 e. The molecule has 6 nitrogen and oxygen atoms in total. The number of aliphatic carboxylic acids is 1. The first-order valence-electron chi connectivity index (χ1n) is 5.56. The fourth-order valence-electron chi connectivity index (χ4n) is 2.14. The largest absolute Gasteiger partial charge is 0.479 e. The number of morpholine rings is 1.